The molecule has 0 bridgehead atoms. The SMILES string of the molecule is COCCN(c1ccc([C@@H](C)N)cc1)C(C)C. The fourth-order valence-electron chi connectivity index (χ4n) is 1.84. The van der Waals surface area contributed by atoms with E-state index in [9.17, 15) is 0 Å². The van der Waals surface area contributed by atoms with Gasteiger partial charge in [0.15, 0.2) is 0 Å². The van der Waals surface area contributed by atoms with Crippen LogP contribution in [-0.4, -0.2) is 26.3 Å². The number of nitrogens with zero attached hydrogens (tertiary/aromatic N) is 1. The average molecular weight is 236 g/mol. The van der Waals surface area contributed by atoms with Crippen molar-refractivity contribution in [3.8, 4) is 0 Å². The molecule has 0 spiro atoms. The van der Waals surface area contributed by atoms with Gasteiger partial charge >= 0.3 is 0 Å². The lowest BCUT2D eigenvalue weighted by atomic mass is 10.1. The standard InChI is InChI=1S/C14H24N2O/c1-11(2)16(9-10-17-4)14-7-5-13(6-8-14)12(3)15/h5-8,11-12H,9-10,15H2,1-4H3/t12-/m1/s1. The monoisotopic (exact) mass is 236 g/mol. The minimum atomic E-state index is 0.0931. The molecule has 1 rings (SSSR count). The molecular formula is C14H24N2O. The van der Waals surface area contributed by atoms with E-state index in [2.05, 4.69) is 43.0 Å². The Morgan fingerprint density at radius 1 is 1.18 bits per heavy atom. The largest absolute Gasteiger partial charge is 0.383 e. The van der Waals surface area contributed by atoms with Crippen LogP contribution in [0.5, 0.6) is 0 Å². The van der Waals surface area contributed by atoms with Crippen molar-refractivity contribution in [2.24, 2.45) is 5.73 Å². The number of hydrogen-bond acceptors (Lipinski definition) is 3. The highest BCUT2D eigenvalue weighted by Crippen LogP contribution is 2.19. The summed E-state index contributed by atoms with van der Waals surface area (Å²) in [6.45, 7) is 8.03. The maximum absolute atomic E-state index is 5.85. The molecule has 0 unspecified atom stereocenters. The van der Waals surface area contributed by atoms with Gasteiger partial charge in [-0.25, -0.2) is 0 Å². The highest BCUT2D eigenvalue weighted by Gasteiger charge is 2.10. The van der Waals surface area contributed by atoms with Crippen LogP contribution in [0.25, 0.3) is 0 Å². The summed E-state index contributed by atoms with van der Waals surface area (Å²) in [5, 5.41) is 0. The van der Waals surface area contributed by atoms with Gasteiger partial charge in [-0.05, 0) is 38.5 Å². The molecule has 0 aliphatic carbocycles. The van der Waals surface area contributed by atoms with Crippen LogP contribution in [0.1, 0.15) is 32.4 Å². The smallest absolute Gasteiger partial charge is 0.0637 e. The van der Waals surface area contributed by atoms with E-state index in [0.717, 1.165) is 13.2 Å². The third kappa shape index (κ3) is 4.02. The molecule has 0 aliphatic rings. The van der Waals surface area contributed by atoms with Crippen LogP contribution in [-0.2, 0) is 4.74 Å². The van der Waals surface area contributed by atoms with Crippen molar-refractivity contribution in [3.63, 3.8) is 0 Å². The van der Waals surface area contributed by atoms with Crippen LogP contribution in [0.3, 0.4) is 0 Å². The van der Waals surface area contributed by atoms with Crippen LogP contribution in [0.4, 0.5) is 5.69 Å². The van der Waals surface area contributed by atoms with Gasteiger partial charge in [-0.3, -0.25) is 0 Å². The molecule has 2 N–H and O–H groups in total. The fourth-order valence-corrected chi connectivity index (χ4v) is 1.84. The van der Waals surface area contributed by atoms with Gasteiger partial charge < -0.3 is 15.4 Å². The van der Waals surface area contributed by atoms with Gasteiger partial charge in [-0.15, -0.1) is 0 Å². The maximum Gasteiger partial charge on any atom is 0.0637 e. The molecule has 1 aromatic rings. The summed E-state index contributed by atoms with van der Waals surface area (Å²) in [6, 6.07) is 9.02. The van der Waals surface area contributed by atoms with Crippen molar-refractivity contribution in [2.75, 3.05) is 25.2 Å². The van der Waals surface area contributed by atoms with Gasteiger partial charge in [0.25, 0.3) is 0 Å². The normalized spacial score (nSPS) is 12.8. The minimum absolute atomic E-state index is 0.0931. The lowest BCUT2D eigenvalue weighted by Gasteiger charge is -2.29. The van der Waals surface area contributed by atoms with E-state index in [1.165, 1.54) is 11.3 Å². The summed E-state index contributed by atoms with van der Waals surface area (Å²) in [4.78, 5) is 2.33. The van der Waals surface area contributed by atoms with Gasteiger partial charge in [0, 0.05) is 31.4 Å². The number of anilines is 1. The predicted molar refractivity (Wildman–Crippen MR) is 73.4 cm³/mol. The predicted octanol–water partition coefficient (Wildman–Crippen LogP) is 2.57. The molecule has 3 heteroatoms. The first kappa shape index (κ1) is 14.0. The number of hydrogen-bond donors (Lipinski definition) is 1. The van der Waals surface area contributed by atoms with Crippen LogP contribution in [0.15, 0.2) is 24.3 Å². The summed E-state index contributed by atoms with van der Waals surface area (Å²) in [5.74, 6) is 0. The zero-order valence-corrected chi connectivity index (χ0v) is 11.3. The summed E-state index contributed by atoms with van der Waals surface area (Å²) in [6.07, 6.45) is 0. The summed E-state index contributed by atoms with van der Waals surface area (Å²) in [5.41, 5.74) is 8.24. The summed E-state index contributed by atoms with van der Waals surface area (Å²) < 4.78 is 5.14. The molecule has 3 nitrogen and oxygen atoms in total. The second kappa shape index (κ2) is 6.62. The van der Waals surface area contributed by atoms with Crippen LogP contribution >= 0.6 is 0 Å². The molecule has 0 heterocycles. The number of rotatable bonds is 6. The molecule has 1 aromatic carbocycles. The van der Waals surface area contributed by atoms with Crippen LogP contribution < -0.4 is 10.6 Å². The van der Waals surface area contributed by atoms with Gasteiger partial charge in [0.1, 0.15) is 0 Å². The van der Waals surface area contributed by atoms with Crippen LogP contribution in [0.2, 0.25) is 0 Å². The highest BCUT2D eigenvalue weighted by molar-refractivity contribution is 5.48. The Bertz CT molecular complexity index is 319. The average Bonchev–Trinajstić information content (AvgIpc) is 2.29. The lowest BCUT2D eigenvalue weighted by Crippen LogP contribution is -2.33. The quantitative estimate of drug-likeness (QED) is 0.825. The van der Waals surface area contributed by atoms with Gasteiger partial charge in [0.2, 0.25) is 0 Å². The molecule has 0 saturated carbocycles. The molecule has 0 aliphatic heterocycles. The second-order valence-corrected chi connectivity index (χ2v) is 4.66. The number of nitrogens with two attached hydrogens (primary N) is 1. The van der Waals surface area contributed by atoms with E-state index in [-0.39, 0.29) is 6.04 Å². The Morgan fingerprint density at radius 3 is 2.18 bits per heavy atom. The molecule has 0 radical (unpaired) electrons. The topological polar surface area (TPSA) is 38.5 Å². The third-order valence-electron chi connectivity index (χ3n) is 2.91. The van der Waals surface area contributed by atoms with Crippen molar-refractivity contribution in [1.29, 1.82) is 0 Å². The van der Waals surface area contributed by atoms with E-state index in [4.69, 9.17) is 10.5 Å². The van der Waals surface area contributed by atoms with E-state index >= 15 is 0 Å². The zero-order chi connectivity index (χ0) is 12.8. The van der Waals surface area contributed by atoms with Crippen molar-refractivity contribution in [1.82, 2.24) is 0 Å². The van der Waals surface area contributed by atoms with Gasteiger partial charge in [-0.2, -0.15) is 0 Å². The Labute approximate surface area is 105 Å². The van der Waals surface area contributed by atoms with Crippen molar-refractivity contribution in [2.45, 2.75) is 32.9 Å². The molecular weight excluding hydrogens is 212 g/mol. The Kier molecular flexibility index (Phi) is 5.45. The molecule has 0 amide bonds. The highest BCUT2D eigenvalue weighted by atomic mass is 16.5. The van der Waals surface area contributed by atoms with Gasteiger partial charge in [0.05, 0.1) is 6.61 Å². The molecule has 17 heavy (non-hydrogen) atoms. The maximum atomic E-state index is 5.85. The molecule has 0 fully saturated rings. The second-order valence-electron chi connectivity index (χ2n) is 4.66. The first-order valence-corrected chi connectivity index (χ1v) is 6.17. The van der Waals surface area contributed by atoms with Crippen molar-refractivity contribution in [3.05, 3.63) is 29.8 Å². The molecule has 96 valence electrons. The lowest BCUT2D eigenvalue weighted by molar-refractivity contribution is 0.204. The third-order valence-corrected chi connectivity index (χ3v) is 2.91. The van der Waals surface area contributed by atoms with E-state index in [1.807, 2.05) is 6.92 Å². The van der Waals surface area contributed by atoms with Crippen LogP contribution in [0, 0.1) is 0 Å². The van der Waals surface area contributed by atoms with Gasteiger partial charge in [-0.1, -0.05) is 12.1 Å². The molecule has 0 saturated heterocycles. The minimum Gasteiger partial charge on any atom is -0.383 e. The molecule has 1 atom stereocenters. The van der Waals surface area contributed by atoms with Crippen molar-refractivity contribution < 1.29 is 4.74 Å². The zero-order valence-electron chi connectivity index (χ0n) is 11.3. The van der Waals surface area contributed by atoms with Crippen molar-refractivity contribution >= 4 is 5.69 Å². The van der Waals surface area contributed by atoms with E-state index in [0.29, 0.717) is 6.04 Å². The number of methoxy groups -OCH3 is 1. The molecule has 0 aromatic heterocycles. The Morgan fingerprint density at radius 2 is 1.76 bits per heavy atom. The van der Waals surface area contributed by atoms with E-state index in [1.54, 1.807) is 7.11 Å². The Hall–Kier alpha value is -1.06. The van der Waals surface area contributed by atoms with E-state index < -0.39 is 0 Å². The fraction of sp³-hybridized carbons (Fsp3) is 0.571. The number of benzene rings is 1. The number of ether oxygens (including phenoxy) is 1. The summed E-state index contributed by atoms with van der Waals surface area (Å²) in [7, 11) is 1.73. The first-order chi connectivity index (χ1) is 8.06. The Balaban J connectivity index is 2.80. The first-order valence-electron chi connectivity index (χ1n) is 6.17. The summed E-state index contributed by atoms with van der Waals surface area (Å²) >= 11 is 0.